The van der Waals surface area contributed by atoms with E-state index in [1.54, 1.807) is 23.0 Å². The van der Waals surface area contributed by atoms with E-state index in [4.69, 9.17) is 15.6 Å². The molecule has 0 saturated carbocycles. The summed E-state index contributed by atoms with van der Waals surface area (Å²) in [6.07, 6.45) is 3.05. The summed E-state index contributed by atoms with van der Waals surface area (Å²) in [6, 6.07) is 13.5. The van der Waals surface area contributed by atoms with Crippen LogP contribution < -0.4 is 15.8 Å². The van der Waals surface area contributed by atoms with E-state index >= 15 is 0 Å². The van der Waals surface area contributed by atoms with Gasteiger partial charge in [0.25, 0.3) is 0 Å². The van der Waals surface area contributed by atoms with E-state index < -0.39 is 12.1 Å². The molecule has 8 nitrogen and oxygen atoms in total. The Bertz CT molecular complexity index is 1260. The second-order valence-corrected chi connectivity index (χ2v) is 7.31. The van der Waals surface area contributed by atoms with Gasteiger partial charge < -0.3 is 20.9 Å². The monoisotopic (exact) mass is 435 g/mol. The first-order valence-electron chi connectivity index (χ1n) is 9.98. The Labute approximate surface area is 183 Å². The number of pyridine rings is 1. The number of aliphatic carboxylic acids is 1. The number of carboxylic acid groups (broad SMARTS) is 1. The summed E-state index contributed by atoms with van der Waals surface area (Å²) in [5.74, 6) is -0.747. The van der Waals surface area contributed by atoms with Gasteiger partial charge in [0.2, 0.25) is 0 Å². The molecule has 0 amide bonds. The lowest BCUT2D eigenvalue weighted by molar-refractivity contribution is -0.136. The van der Waals surface area contributed by atoms with Crippen molar-refractivity contribution in [3.63, 3.8) is 0 Å². The third-order valence-corrected chi connectivity index (χ3v) is 4.96. The first-order valence-corrected chi connectivity index (χ1v) is 9.98. The highest BCUT2D eigenvalue weighted by Crippen LogP contribution is 2.32. The molecule has 0 unspecified atom stereocenters. The summed E-state index contributed by atoms with van der Waals surface area (Å²) in [4.78, 5) is 15.1. The average Bonchev–Trinajstić information content (AvgIpc) is 3.29. The van der Waals surface area contributed by atoms with Crippen LogP contribution in [-0.2, 0) is 11.3 Å². The van der Waals surface area contributed by atoms with Crippen LogP contribution >= 0.6 is 0 Å². The van der Waals surface area contributed by atoms with Crippen molar-refractivity contribution in [3.05, 3.63) is 77.9 Å². The van der Waals surface area contributed by atoms with Crippen molar-refractivity contribution in [2.24, 2.45) is 0 Å². The lowest BCUT2D eigenvalue weighted by Crippen LogP contribution is -2.22. The van der Waals surface area contributed by atoms with E-state index in [1.165, 1.54) is 12.1 Å². The van der Waals surface area contributed by atoms with Crippen molar-refractivity contribution in [1.82, 2.24) is 20.1 Å². The van der Waals surface area contributed by atoms with Crippen molar-refractivity contribution in [3.8, 4) is 11.4 Å². The second-order valence-electron chi connectivity index (χ2n) is 7.31. The Morgan fingerprint density at radius 2 is 2.12 bits per heavy atom. The number of nitrogen functional groups attached to an aromatic ring is 1. The third kappa shape index (κ3) is 4.68. The van der Waals surface area contributed by atoms with Gasteiger partial charge >= 0.3 is 5.97 Å². The number of fused-ring (bicyclic) bond motifs is 1. The lowest BCUT2D eigenvalue weighted by Gasteiger charge is -2.20. The lowest BCUT2D eigenvalue weighted by atomic mass is 10.0. The van der Waals surface area contributed by atoms with Crippen LogP contribution in [0.4, 0.5) is 10.2 Å². The number of nitrogens with zero attached hydrogens (tertiary/aromatic N) is 3. The summed E-state index contributed by atoms with van der Waals surface area (Å²) in [5, 5.41) is 16.6. The minimum atomic E-state index is -0.925. The number of anilines is 1. The van der Waals surface area contributed by atoms with Crippen molar-refractivity contribution in [1.29, 1.82) is 0 Å². The molecule has 164 valence electrons. The summed E-state index contributed by atoms with van der Waals surface area (Å²) >= 11 is 0. The predicted molar refractivity (Wildman–Crippen MR) is 118 cm³/mol. The topological polar surface area (TPSA) is 115 Å². The summed E-state index contributed by atoms with van der Waals surface area (Å²) in [6.45, 7) is 2.11. The van der Waals surface area contributed by atoms with E-state index in [1.807, 2.05) is 37.4 Å². The highest BCUT2D eigenvalue weighted by atomic mass is 19.1. The Morgan fingerprint density at radius 3 is 2.88 bits per heavy atom. The minimum Gasteiger partial charge on any atom is -0.482 e. The fourth-order valence-electron chi connectivity index (χ4n) is 3.46. The van der Waals surface area contributed by atoms with Crippen molar-refractivity contribution >= 4 is 22.7 Å². The SMILES string of the molecule is C[C@H](Oc1cc2cc(F)ccc2nc1N)c1cc(CNCC(=O)O)ccc1-n1cccn1. The van der Waals surface area contributed by atoms with Crippen molar-refractivity contribution in [2.45, 2.75) is 19.6 Å². The van der Waals surface area contributed by atoms with Gasteiger partial charge in [-0.1, -0.05) is 6.07 Å². The largest absolute Gasteiger partial charge is 0.482 e. The summed E-state index contributed by atoms with van der Waals surface area (Å²) in [5.41, 5.74) is 9.19. The molecule has 0 fully saturated rings. The normalized spacial score (nSPS) is 12.1. The zero-order valence-electron chi connectivity index (χ0n) is 17.3. The van der Waals surface area contributed by atoms with Crippen LogP contribution in [0, 0.1) is 5.82 Å². The molecule has 0 spiro atoms. The minimum absolute atomic E-state index is 0.141. The van der Waals surface area contributed by atoms with Crippen LogP contribution in [0.2, 0.25) is 0 Å². The van der Waals surface area contributed by atoms with Gasteiger partial charge in [-0.05, 0) is 55.0 Å². The number of benzene rings is 2. The Hall–Kier alpha value is -3.98. The van der Waals surface area contributed by atoms with E-state index in [-0.39, 0.29) is 18.2 Å². The Kier molecular flexibility index (Phi) is 6.00. The van der Waals surface area contributed by atoms with Gasteiger partial charge in [-0.15, -0.1) is 0 Å². The molecular weight excluding hydrogens is 413 g/mol. The van der Waals surface area contributed by atoms with E-state index in [2.05, 4.69) is 15.4 Å². The van der Waals surface area contributed by atoms with Crippen LogP contribution in [-0.4, -0.2) is 32.4 Å². The van der Waals surface area contributed by atoms with Crippen LogP contribution in [0.3, 0.4) is 0 Å². The van der Waals surface area contributed by atoms with Crippen LogP contribution in [0.1, 0.15) is 24.2 Å². The number of nitrogens with two attached hydrogens (primary N) is 1. The molecule has 0 aliphatic carbocycles. The molecule has 4 rings (SSSR count). The van der Waals surface area contributed by atoms with Gasteiger partial charge in [-0.2, -0.15) is 5.10 Å². The third-order valence-electron chi connectivity index (χ3n) is 4.96. The fraction of sp³-hybridized carbons (Fsp3) is 0.174. The molecule has 4 N–H and O–H groups in total. The summed E-state index contributed by atoms with van der Waals surface area (Å²) in [7, 11) is 0. The standard InChI is InChI=1S/C23H22FN5O3/c1-14(32-21-11-16-10-17(24)4-5-19(16)28-23(21)25)18-9-15(12-26-13-22(30)31)3-6-20(18)29-8-2-7-27-29/h2-11,14,26H,12-13H2,1H3,(H2,25,28)(H,30,31)/t14-/m0/s1. The van der Waals surface area contributed by atoms with Gasteiger partial charge in [0.15, 0.2) is 11.6 Å². The number of carbonyl (C=O) groups is 1. The zero-order chi connectivity index (χ0) is 22.7. The fourth-order valence-corrected chi connectivity index (χ4v) is 3.46. The van der Waals surface area contributed by atoms with Crippen LogP contribution in [0.5, 0.6) is 5.75 Å². The van der Waals surface area contributed by atoms with Gasteiger partial charge in [0.1, 0.15) is 11.9 Å². The molecule has 0 aliphatic rings. The number of ether oxygens (including phenoxy) is 1. The molecule has 2 aromatic heterocycles. The highest BCUT2D eigenvalue weighted by Gasteiger charge is 2.17. The molecule has 0 radical (unpaired) electrons. The number of nitrogens with one attached hydrogen (secondary N) is 1. The molecule has 0 aliphatic heterocycles. The Balaban J connectivity index is 1.66. The Morgan fingerprint density at radius 1 is 1.28 bits per heavy atom. The smallest absolute Gasteiger partial charge is 0.317 e. The molecule has 4 aromatic rings. The number of hydrogen-bond acceptors (Lipinski definition) is 6. The van der Waals surface area contributed by atoms with E-state index in [0.717, 1.165) is 16.8 Å². The molecule has 0 bridgehead atoms. The maximum Gasteiger partial charge on any atom is 0.317 e. The average molecular weight is 435 g/mol. The molecule has 2 heterocycles. The number of carboxylic acids is 1. The van der Waals surface area contributed by atoms with Crippen LogP contribution in [0.25, 0.3) is 16.6 Å². The van der Waals surface area contributed by atoms with Gasteiger partial charge in [-0.3, -0.25) is 4.79 Å². The molecule has 32 heavy (non-hydrogen) atoms. The maximum absolute atomic E-state index is 13.7. The first kappa shape index (κ1) is 21.3. The van der Waals surface area contributed by atoms with Crippen molar-refractivity contribution in [2.75, 3.05) is 12.3 Å². The molecule has 9 heteroatoms. The van der Waals surface area contributed by atoms with Crippen molar-refractivity contribution < 1.29 is 19.0 Å². The van der Waals surface area contributed by atoms with Crippen LogP contribution in [0.15, 0.2) is 60.9 Å². The number of rotatable bonds is 8. The number of hydrogen-bond donors (Lipinski definition) is 3. The number of halogens is 1. The van der Waals surface area contributed by atoms with Gasteiger partial charge in [0.05, 0.1) is 17.7 Å². The quantitative estimate of drug-likeness (QED) is 0.388. The molecular formula is C23H22FN5O3. The van der Waals surface area contributed by atoms with Gasteiger partial charge in [-0.25, -0.2) is 14.1 Å². The first-order chi connectivity index (χ1) is 15.4. The summed E-state index contributed by atoms with van der Waals surface area (Å²) < 4.78 is 21.5. The molecule has 2 aromatic carbocycles. The highest BCUT2D eigenvalue weighted by molar-refractivity contribution is 5.82. The second kappa shape index (κ2) is 9.03. The molecule has 1 atom stereocenters. The van der Waals surface area contributed by atoms with E-state index in [9.17, 15) is 9.18 Å². The molecule has 0 saturated heterocycles. The van der Waals surface area contributed by atoms with E-state index in [0.29, 0.717) is 23.2 Å². The van der Waals surface area contributed by atoms with Gasteiger partial charge in [0, 0.05) is 29.9 Å². The zero-order valence-corrected chi connectivity index (χ0v) is 17.3. The maximum atomic E-state index is 13.7. The number of aromatic nitrogens is 3. The predicted octanol–water partition coefficient (Wildman–Crippen LogP) is 3.46.